The molecule has 1 saturated heterocycles. The third-order valence-electron chi connectivity index (χ3n) is 4.83. The Morgan fingerprint density at radius 2 is 2.04 bits per heavy atom. The number of amides is 2. The minimum absolute atomic E-state index is 0.0253. The fourth-order valence-electron chi connectivity index (χ4n) is 3.29. The lowest BCUT2D eigenvalue weighted by Crippen LogP contribution is -2.45. The Morgan fingerprint density at radius 1 is 1.18 bits per heavy atom. The van der Waals surface area contributed by atoms with Gasteiger partial charge in [0.15, 0.2) is 6.61 Å². The topological polar surface area (TPSA) is 84.0 Å². The highest BCUT2D eigenvalue weighted by molar-refractivity contribution is 6.05. The van der Waals surface area contributed by atoms with Crippen LogP contribution in [0.15, 0.2) is 42.7 Å². The normalized spacial score (nSPS) is 17.0. The molecule has 4 rings (SSSR count). The van der Waals surface area contributed by atoms with Crippen LogP contribution in [0.2, 0.25) is 0 Å². The Hall–Kier alpha value is -2.97. The average molecular weight is 382 g/mol. The maximum atomic E-state index is 12.4. The summed E-state index contributed by atoms with van der Waals surface area (Å²) < 4.78 is 10.9. The highest BCUT2D eigenvalue weighted by Crippen LogP contribution is 2.34. The van der Waals surface area contributed by atoms with Crippen LogP contribution in [0, 0.1) is 0 Å². The number of aromatic nitrogens is 1. The molecule has 1 fully saturated rings. The van der Waals surface area contributed by atoms with Crippen molar-refractivity contribution in [3.63, 3.8) is 0 Å². The maximum Gasteiger partial charge on any atom is 0.265 e. The third-order valence-corrected chi connectivity index (χ3v) is 4.83. The van der Waals surface area contributed by atoms with E-state index in [1.165, 1.54) is 6.20 Å². The van der Waals surface area contributed by atoms with E-state index in [-0.39, 0.29) is 18.4 Å². The van der Waals surface area contributed by atoms with Crippen molar-refractivity contribution in [2.75, 3.05) is 56.2 Å². The number of nitrogens with zero attached hydrogens (tertiary/aromatic N) is 3. The van der Waals surface area contributed by atoms with Crippen molar-refractivity contribution < 1.29 is 19.1 Å². The summed E-state index contributed by atoms with van der Waals surface area (Å²) in [5.41, 5.74) is 1.74. The van der Waals surface area contributed by atoms with Crippen LogP contribution in [0.3, 0.4) is 0 Å². The predicted octanol–water partition coefficient (Wildman–Crippen LogP) is 1.39. The van der Waals surface area contributed by atoms with E-state index in [0.29, 0.717) is 29.2 Å². The lowest BCUT2D eigenvalue weighted by molar-refractivity contribution is -0.121. The zero-order valence-corrected chi connectivity index (χ0v) is 15.5. The van der Waals surface area contributed by atoms with E-state index in [1.54, 1.807) is 41.4 Å². The molecule has 0 aliphatic carbocycles. The summed E-state index contributed by atoms with van der Waals surface area (Å²) in [6.07, 6.45) is 3.12. The largest absolute Gasteiger partial charge is 0.482 e. The minimum atomic E-state index is -0.254. The first-order valence-corrected chi connectivity index (χ1v) is 9.29. The molecule has 0 spiro atoms. The van der Waals surface area contributed by atoms with Crippen molar-refractivity contribution in [2.45, 2.75) is 0 Å². The van der Waals surface area contributed by atoms with E-state index >= 15 is 0 Å². The van der Waals surface area contributed by atoms with Crippen LogP contribution in [-0.4, -0.2) is 67.7 Å². The Balaban J connectivity index is 1.49. The molecule has 0 atom stereocenters. The molecule has 2 aromatic rings. The molecule has 2 aliphatic rings. The predicted molar refractivity (Wildman–Crippen MR) is 104 cm³/mol. The number of fused-ring (bicyclic) bond motifs is 1. The Bertz CT molecular complexity index is 853. The summed E-state index contributed by atoms with van der Waals surface area (Å²) in [7, 11) is 0. The molecule has 28 heavy (non-hydrogen) atoms. The van der Waals surface area contributed by atoms with E-state index in [1.807, 2.05) is 0 Å². The molecule has 2 amide bonds. The van der Waals surface area contributed by atoms with E-state index in [0.717, 1.165) is 32.8 Å². The molecular formula is C20H22N4O4. The molecule has 8 nitrogen and oxygen atoms in total. The van der Waals surface area contributed by atoms with Crippen molar-refractivity contribution >= 4 is 23.2 Å². The minimum Gasteiger partial charge on any atom is -0.482 e. The number of ether oxygens (including phenoxy) is 2. The Morgan fingerprint density at radius 3 is 2.82 bits per heavy atom. The van der Waals surface area contributed by atoms with Gasteiger partial charge in [0.1, 0.15) is 5.75 Å². The zero-order chi connectivity index (χ0) is 19.3. The number of morpholine rings is 1. The van der Waals surface area contributed by atoms with Crippen LogP contribution >= 0.6 is 0 Å². The number of pyridine rings is 1. The SMILES string of the molecule is O=C(Nc1ccc2c(c1)N(CCN1CCOCC1)C(=O)CO2)c1cccnc1. The lowest BCUT2D eigenvalue weighted by Gasteiger charge is -2.33. The number of rotatable bonds is 5. The fourth-order valence-corrected chi connectivity index (χ4v) is 3.29. The molecule has 1 aromatic heterocycles. The molecule has 2 aliphatic heterocycles. The average Bonchev–Trinajstić information content (AvgIpc) is 2.74. The van der Waals surface area contributed by atoms with Crippen molar-refractivity contribution in [1.82, 2.24) is 9.88 Å². The van der Waals surface area contributed by atoms with Gasteiger partial charge in [0.25, 0.3) is 11.8 Å². The van der Waals surface area contributed by atoms with Crippen LogP contribution < -0.4 is 15.0 Å². The number of nitrogens with one attached hydrogen (secondary N) is 1. The number of anilines is 2. The van der Waals surface area contributed by atoms with Crippen LogP contribution in [0.1, 0.15) is 10.4 Å². The van der Waals surface area contributed by atoms with Crippen molar-refractivity contribution in [2.24, 2.45) is 0 Å². The molecule has 146 valence electrons. The van der Waals surface area contributed by atoms with Gasteiger partial charge in [0, 0.05) is 44.3 Å². The van der Waals surface area contributed by atoms with Gasteiger partial charge in [-0.1, -0.05) is 0 Å². The second kappa shape index (κ2) is 8.37. The third kappa shape index (κ3) is 4.13. The summed E-state index contributed by atoms with van der Waals surface area (Å²) in [5, 5.41) is 2.85. The number of carbonyl (C=O) groups excluding carboxylic acids is 2. The van der Waals surface area contributed by atoms with E-state index in [2.05, 4.69) is 15.2 Å². The van der Waals surface area contributed by atoms with Gasteiger partial charge in [-0.15, -0.1) is 0 Å². The molecule has 1 N–H and O–H groups in total. The van der Waals surface area contributed by atoms with Gasteiger partial charge in [-0.2, -0.15) is 0 Å². The number of benzene rings is 1. The highest BCUT2D eigenvalue weighted by atomic mass is 16.5. The summed E-state index contributed by atoms with van der Waals surface area (Å²) in [6, 6.07) is 8.73. The molecule has 3 heterocycles. The smallest absolute Gasteiger partial charge is 0.265 e. The standard InChI is InChI=1S/C20H22N4O4/c25-19-14-28-18-4-3-16(22-20(26)15-2-1-5-21-13-15)12-17(18)24(19)7-6-23-8-10-27-11-9-23/h1-5,12-13H,6-11,14H2,(H,22,26). The molecule has 0 radical (unpaired) electrons. The summed E-state index contributed by atoms with van der Waals surface area (Å²) in [5.74, 6) is 0.299. The van der Waals surface area contributed by atoms with Gasteiger partial charge in [0.05, 0.1) is 24.5 Å². The molecule has 0 bridgehead atoms. The molecule has 0 saturated carbocycles. The molecular weight excluding hydrogens is 360 g/mol. The molecule has 8 heteroatoms. The van der Waals surface area contributed by atoms with Crippen molar-refractivity contribution in [3.8, 4) is 5.75 Å². The molecule has 1 aromatic carbocycles. The van der Waals surface area contributed by atoms with Gasteiger partial charge in [-0.25, -0.2) is 0 Å². The van der Waals surface area contributed by atoms with Crippen LogP contribution in [0.25, 0.3) is 0 Å². The summed E-state index contributed by atoms with van der Waals surface area (Å²) >= 11 is 0. The van der Waals surface area contributed by atoms with Gasteiger partial charge in [-0.05, 0) is 30.3 Å². The van der Waals surface area contributed by atoms with E-state index < -0.39 is 0 Å². The quantitative estimate of drug-likeness (QED) is 0.841. The second-order valence-electron chi connectivity index (χ2n) is 6.67. The maximum absolute atomic E-state index is 12.4. The van der Waals surface area contributed by atoms with Gasteiger partial charge in [0.2, 0.25) is 0 Å². The Labute approximate surface area is 163 Å². The number of carbonyl (C=O) groups is 2. The fraction of sp³-hybridized carbons (Fsp3) is 0.350. The monoisotopic (exact) mass is 382 g/mol. The van der Waals surface area contributed by atoms with E-state index in [9.17, 15) is 9.59 Å². The first-order valence-electron chi connectivity index (χ1n) is 9.29. The van der Waals surface area contributed by atoms with Crippen LogP contribution in [-0.2, 0) is 9.53 Å². The van der Waals surface area contributed by atoms with E-state index in [4.69, 9.17) is 9.47 Å². The lowest BCUT2D eigenvalue weighted by atomic mass is 10.2. The number of hydrogen-bond donors (Lipinski definition) is 1. The van der Waals surface area contributed by atoms with Gasteiger partial charge >= 0.3 is 0 Å². The van der Waals surface area contributed by atoms with Crippen LogP contribution in [0.5, 0.6) is 5.75 Å². The first kappa shape index (κ1) is 18.4. The Kier molecular flexibility index (Phi) is 5.50. The highest BCUT2D eigenvalue weighted by Gasteiger charge is 2.26. The van der Waals surface area contributed by atoms with Crippen molar-refractivity contribution in [1.29, 1.82) is 0 Å². The molecule has 0 unspecified atom stereocenters. The number of hydrogen-bond acceptors (Lipinski definition) is 6. The summed E-state index contributed by atoms with van der Waals surface area (Å²) in [4.78, 5) is 32.8. The van der Waals surface area contributed by atoms with Crippen LogP contribution in [0.4, 0.5) is 11.4 Å². The van der Waals surface area contributed by atoms with Crippen molar-refractivity contribution in [3.05, 3.63) is 48.3 Å². The first-order chi connectivity index (χ1) is 13.7. The zero-order valence-electron chi connectivity index (χ0n) is 15.5. The van der Waals surface area contributed by atoms with Gasteiger partial charge < -0.3 is 19.7 Å². The second-order valence-corrected chi connectivity index (χ2v) is 6.67. The summed E-state index contributed by atoms with van der Waals surface area (Å²) in [6.45, 7) is 4.53. The van der Waals surface area contributed by atoms with Gasteiger partial charge in [-0.3, -0.25) is 19.5 Å².